The van der Waals surface area contributed by atoms with Gasteiger partial charge in [-0.1, -0.05) is 12.1 Å². The van der Waals surface area contributed by atoms with Crippen molar-refractivity contribution in [1.29, 1.82) is 0 Å². The van der Waals surface area contributed by atoms with Gasteiger partial charge in [0.1, 0.15) is 0 Å². The third-order valence-electron chi connectivity index (χ3n) is 5.74. The fraction of sp³-hybridized carbons (Fsp3) is 0.381. The molecular formula is C21H24N4O7. The van der Waals surface area contributed by atoms with Crippen molar-refractivity contribution in [3.05, 3.63) is 69.9 Å². The highest BCUT2D eigenvalue weighted by atomic mass is 16.6. The maximum Gasteiger partial charge on any atom is 0.336 e. The van der Waals surface area contributed by atoms with Crippen LogP contribution < -0.4 is 5.32 Å². The number of hydrogen-bond acceptors (Lipinski definition) is 8. The van der Waals surface area contributed by atoms with Gasteiger partial charge in [-0.05, 0) is 19.4 Å². The smallest absolute Gasteiger partial charge is 0.336 e. The number of carboxylic acids is 1. The van der Waals surface area contributed by atoms with Gasteiger partial charge in [0.05, 0.1) is 48.0 Å². The number of imidazole rings is 1. The van der Waals surface area contributed by atoms with Crippen LogP contribution in [0, 0.1) is 15.5 Å². The van der Waals surface area contributed by atoms with E-state index in [2.05, 4.69) is 10.3 Å². The highest BCUT2D eigenvalue weighted by Crippen LogP contribution is 2.49. The first-order valence-corrected chi connectivity index (χ1v) is 9.95. The summed E-state index contributed by atoms with van der Waals surface area (Å²) in [5, 5.41) is 34.6. The molecule has 11 nitrogen and oxygen atoms in total. The van der Waals surface area contributed by atoms with E-state index < -0.39 is 40.8 Å². The van der Waals surface area contributed by atoms with Crippen LogP contribution >= 0.6 is 0 Å². The number of nitro benzene ring substituents is 1. The van der Waals surface area contributed by atoms with Crippen LogP contribution in [0.1, 0.15) is 25.3 Å². The maximum absolute atomic E-state index is 13.1. The summed E-state index contributed by atoms with van der Waals surface area (Å²) in [5.74, 6) is -3.14. The van der Waals surface area contributed by atoms with Crippen molar-refractivity contribution in [3.8, 4) is 0 Å². The fourth-order valence-corrected chi connectivity index (χ4v) is 4.10. The summed E-state index contributed by atoms with van der Waals surface area (Å²) in [6.07, 6.45) is 4.74. The molecule has 0 amide bonds. The number of aliphatic carboxylic acids is 1. The standard InChI is InChI=1S/C21H24N4O7/c1-3-32-19(27)17-15(10-24-8-7-22-12-24)23-16(11-26)21(2,20(28)29)18(17)13-5-4-6-14(9-13)25(30)31/h4-9,12,16,18,23,26H,3,10-11H2,1-2H3,(H,28,29). The lowest BCUT2D eigenvalue weighted by molar-refractivity contribution is -0.384. The Labute approximate surface area is 183 Å². The number of carboxylic acid groups (broad SMARTS) is 1. The fourth-order valence-electron chi connectivity index (χ4n) is 4.10. The third kappa shape index (κ3) is 4.06. The molecule has 0 aliphatic carbocycles. The van der Waals surface area contributed by atoms with E-state index in [0.29, 0.717) is 5.70 Å². The number of nitrogens with zero attached hydrogens (tertiary/aromatic N) is 3. The van der Waals surface area contributed by atoms with Gasteiger partial charge >= 0.3 is 11.9 Å². The van der Waals surface area contributed by atoms with Crippen molar-refractivity contribution in [1.82, 2.24) is 14.9 Å². The third-order valence-corrected chi connectivity index (χ3v) is 5.74. The lowest BCUT2D eigenvalue weighted by Gasteiger charge is -2.46. The lowest BCUT2D eigenvalue weighted by atomic mass is 9.63. The number of carbonyl (C=O) groups is 2. The molecule has 3 unspecified atom stereocenters. The second kappa shape index (κ2) is 9.18. The van der Waals surface area contributed by atoms with Crippen LogP contribution in [0.5, 0.6) is 0 Å². The minimum Gasteiger partial charge on any atom is -0.481 e. The molecule has 3 rings (SSSR count). The van der Waals surface area contributed by atoms with Crippen LogP contribution in [0.3, 0.4) is 0 Å². The van der Waals surface area contributed by atoms with Crippen LogP contribution in [0.2, 0.25) is 0 Å². The second-order valence-corrected chi connectivity index (χ2v) is 7.60. The van der Waals surface area contributed by atoms with Gasteiger partial charge in [0.25, 0.3) is 5.69 Å². The Hall–Kier alpha value is -3.73. The van der Waals surface area contributed by atoms with Gasteiger partial charge < -0.3 is 24.8 Å². The zero-order valence-corrected chi connectivity index (χ0v) is 17.6. The first-order valence-electron chi connectivity index (χ1n) is 9.95. The number of non-ortho nitro benzene ring substituents is 1. The zero-order chi connectivity index (χ0) is 23.5. The van der Waals surface area contributed by atoms with E-state index in [1.165, 1.54) is 37.5 Å². The van der Waals surface area contributed by atoms with Crippen molar-refractivity contribution in [2.75, 3.05) is 13.2 Å². The number of esters is 1. The number of nitrogens with one attached hydrogen (secondary N) is 1. The molecule has 0 saturated heterocycles. The molecule has 0 saturated carbocycles. The summed E-state index contributed by atoms with van der Waals surface area (Å²) in [5.41, 5.74) is -1.32. The van der Waals surface area contributed by atoms with Crippen molar-refractivity contribution in [2.24, 2.45) is 5.41 Å². The number of ether oxygens (including phenoxy) is 1. The van der Waals surface area contributed by atoms with Gasteiger partial charge in [0, 0.05) is 36.1 Å². The van der Waals surface area contributed by atoms with Crippen molar-refractivity contribution in [2.45, 2.75) is 32.4 Å². The quantitative estimate of drug-likeness (QED) is 0.311. The van der Waals surface area contributed by atoms with Crippen LogP contribution in [-0.2, 0) is 20.9 Å². The van der Waals surface area contributed by atoms with Gasteiger partial charge in [0.2, 0.25) is 0 Å². The van der Waals surface area contributed by atoms with E-state index in [-0.39, 0.29) is 30.0 Å². The van der Waals surface area contributed by atoms with Gasteiger partial charge in [-0.2, -0.15) is 0 Å². The number of rotatable bonds is 8. The number of carbonyl (C=O) groups excluding carboxylic acids is 1. The molecule has 32 heavy (non-hydrogen) atoms. The number of benzene rings is 1. The summed E-state index contributed by atoms with van der Waals surface area (Å²) in [6.45, 7) is 2.67. The molecule has 11 heteroatoms. The summed E-state index contributed by atoms with van der Waals surface area (Å²) in [6, 6.07) is 4.52. The van der Waals surface area contributed by atoms with Gasteiger partial charge in [-0.15, -0.1) is 0 Å². The summed E-state index contributed by atoms with van der Waals surface area (Å²) >= 11 is 0. The van der Waals surface area contributed by atoms with Crippen LogP contribution in [0.15, 0.2) is 54.3 Å². The number of allylic oxidation sites excluding steroid dienone is 1. The number of hydrogen-bond donors (Lipinski definition) is 3. The van der Waals surface area contributed by atoms with Crippen molar-refractivity contribution in [3.63, 3.8) is 0 Å². The van der Waals surface area contributed by atoms with Crippen molar-refractivity contribution < 1.29 is 29.5 Å². The zero-order valence-electron chi connectivity index (χ0n) is 17.6. The number of aliphatic hydroxyl groups is 1. The average Bonchev–Trinajstić information content (AvgIpc) is 3.27. The Kier molecular flexibility index (Phi) is 6.58. The molecule has 3 atom stereocenters. The van der Waals surface area contributed by atoms with Crippen molar-refractivity contribution >= 4 is 17.6 Å². The summed E-state index contributed by atoms with van der Waals surface area (Å²) in [7, 11) is 0. The van der Waals surface area contributed by atoms with Gasteiger partial charge in [-0.3, -0.25) is 14.9 Å². The first kappa shape index (κ1) is 22.9. The molecule has 0 fully saturated rings. The van der Waals surface area contributed by atoms with E-state index >= 15 is 0 Å². The predicted octanol–water partition coefficient (Wildman–Crippen LogP) is 1.45. The number of nitro groups is 1. The molecule has 0 spiro atoms. The average molecular weight is 444 g/mol. The molecule has 1 aliphatic heterocycles. The largest absolute Gasteiger partial charge is 0.481 e. The molecule has 1 aromatic heterocycles. The molecule has 2 heterocycles. The van der Waals surface area contributed by atoms with Crippen LogP contribution in [0.25, 0.3) is 0 Å². The Morgan fingerprint density at radius 3 is 2.72 bits per heavy atom. The summed E-state index contributed by atoms with van der Waals surface area (Å²) < 4.78 is 6.92. The van der Waals surface area contributed by atoms with E-state index in [1.54, 1.807) is 23.9 Å². The lowest BCUT2D eigenvalue weighted by Crippen LogP contribution is -2.58. The van der Waals surface area contributed by atoms with Gasteiger partial charge in [0.15, 0.2) is 0 Å². The maximum atomic E-state index is 13.1. The second-order valence-electron chi connectivity index (χ2n) is 7.60. The van der Waals surface area contributed by atoms with Crippen LogP contribution in [-0.4, -0.2) is 55.9 Å². The number of aromatic nitrogens is 2. The molecule has 0 bridgehead atoms. The highest BCUT2D eigenvalue weighted by molar-refractivity contribution is 5.94. The Bertz CT molecular complexity index is 1050. The monoisotopic (exact) mass is 444 g/mol. The Morgan fingerprint density at radius 1 is 1.41 bits per heavy atom. The SMILES string of the molecule is CCOC(=O)C1=C(Cn2ccnc2)NC(CO)C(C)(C(=O)O)C1c1cccc([N+](=O)[O-])c1. The predicted molar refractivity (Wildman–Crippen MR) is 111 cm³/mol. The Balaban J connectivity index is 2.31. The topological polar surface area (TPSA) is 157 Å². The highest BCUT2D eigenvalue weighted by Gasteiger charge is 2.55. The van der Waals surface area contributed by atoms with Crippen LogP contribution in [0.4, 0.5) is 5.69 Å². The molecule has 2 aromatic rings. The molecule has 170 valence electrons. The van der Waals surface area contributed by atoms with Gasteiger partial charge in [-0.25, -0.2) is 9.78 Å². The first-order chi connectivity index (χ1) is 15.2. The molecule has 1 aliphatic rings. The molecule has 3 N–H and O–H groups in total. The molecule has 0 radical (unpaired) electrons. The molecule has 1 aromatic carbocycles. The number of aliphatic hydroxyl groups excluding tert-OH is 1. The minimum absolute atomic E-state index is 0.0376. The Morgan fingerprint density at radius 2 is 2.16 bits per heavy atom. The summed E-state index contributed by atoms with van der Waals surface area (Å²) in [4.78, 5) is 40.4. The van der Waals surface area contributed by atoms with E-state index in [1.807, 2.05) is 0 Å². The molecular weight excluding hydrogens is 420 g/mol. The van der Waals surface area contributed by atoms with E-state index in [4.69, 9.17) is 4.74 Å². The minimum atomic E-state index is -1.72. The normalized spacial score (nSPS) is 22.8. The van der Waals surface area contributed by atoms with E-state index in [9.17, 15) is 29.9 Å². The van der Waals surface area contributed by atoms with E-state index in [0.717, 1.165) is 0 Å².